The van der Waals surface area contributed by atoms with E-state index in [4.69, 9.17) is 0 Å². The van der Waals surface area contributed by atoms with Crippen LogP contribution in [0.1, 0.15) is 30.4 Å². The highest BCUT2D eigenvalue weighted by Crippen LogP contribution is 2.20. The van der Waals surface area contributed by atoms with Crippen LogP contribution in [0.25, 0.3) is 10.8 Å². The molecule has 0 unspecified atom stereocenters. The minimum absolute atomic E-state index is 0.0967. The molecule has 4 heteroatoms. The van der Waals surface area contributed by atoms with Crippen LogP contribution in [0.3, 0.4) is 0 Å². The molecule has 4 nitrogen and oxygen atoms in total. The van der Waals surface area contributed by atoms with Gasteiger partial charge < -0.3 is 10.2 Å². The molecular weight excluding hydrogens is 372 g/mol. The predicted octanol–water partition coefficient (Wildman–Crippen LogP) is 4.12. The fourth-order valence-electron chi connectivity index (χ4n) is 4.20. The normalized spacial score (nSPS) is 14.6. The van der Waals surface area contributed by atoms with Gasteiger partial charge in [0, 0.05) is 25.6 Å². The van der Waals surface area contributed by atoms with E-state index >= 15 is 0 Å². The van der Waals surface area contributed by atoms with Crippen molar-refractivity contribution in [2.24, 2.45) is 0 Å². The van der Waals surface area contributed by atoms with Gasteiger partial charge in [-0.2, -0.15) is 0 Å². The summed E-state index contributed by atoms with van der Waals surface area (Å²) in [7, 11) is 0. The van der Waals surface area contributed by atoms with Crippen LogP contribution >= 0.6 is 0 Å². The Kier molecular flexibility index (Phi) is 6.43. The number of hydrogen-bond donors (Lipinski definition) is 1. The third-order valence-corrected chi connectivity index (χ3v) is 5.92. The molecule has 0 aliphatic carbocycles. The lowest BCUT2D eigenvalue weighted by molar-refractivity contribution is -0.131. The van der Waals surface area contributed by atoms with Gasteiger partial charge in [0.1, 0.15) is 0 Å². The van der Waals surface area contributed by atoms with Crippen molar-refractivity contribution < 1.29 is 9.59 Å². The number of rotatable bonds is 6. The van der Waals surface area contributed by atoms with E-state index in [1.807, 2.05) is 59.5 Å². The number of fused-ring (bicyclic) bond motifs is 1. The van der Waals surface area contributed by atoms with Crippen LogP contribution in [0.5, 0.6) is 0 Å². The Morgan fingerprint density at radius 2 is 1.57 bits per heavy atom. The van der Waals surface area contributed by atoms with Crippen molar-refractivity contribution in [3.05, 3.63) is 83.9 Å². The number of piperidine rings is 1. The van der Waals surface area contributed by atoms with Crippen LogP contribution in [-0.4, -0.2) is 35.8 Å². The van der Waals surface area contributed by atoms with Gasteiger partial charge in [0.05, 0.1) is 6.42 Å². The Morgan fingerprint density at radius 3 is 2.37 bits per heavy atom. The van der Waals surface area contributed by atoms with Crippen molar-refractivity contribution in [3.63, 3.8) is 0 Å². The maximum atomic E-state index is 12.8. The summed E-state index contributed by atoms with van der Waals surface area (Å²) in [5, 5.41) is 5.46. The number of carbonyl (C=O) groups is 2. The third kappa shape index (κ3) is 5.07. The van der Waals surface area contributed by atoms with Crippen molar-refractivity contribution in [1.82, 2.24) is 10.2 Å². The summed E-state index contributed by atoms with van der Waals surface area (Å²) < 4.78 is 0. The molecule has 154 valence electrons. The fourth-order valence-corrected chi connectivity index (χ4v) is 4.20. The monoisotopic (exact) mass is 400 g/mol. The van der Waals surface area contributed by atoms with Crippen LogP contribution in [0.2, 0.25) is 0 Å². The maximum Gasteiger partial charge on any atom is 0.227 e. The third-order valence-electron chi connectivity index (χ3n) is 5.92. The van der Waals surface area contributed by atoms with Gasteiger partial charge in [0.2, 0.25) is 11.8 Å². The van der Waals surface area contributed by atoms with Gasteiger partial charge >= 0.3 is 0 Å². The Morgan fingerprint density at radius 1 is 0.867 bits per heavy atom. The summed E-state index contributed by atoms with van der Waals surface area (Å²) in [6, 6.07) is 24.6. The molecule has 0 bridgehead atoms. The van der Waals surface area contributed by atoms with Crippen LogP contribution in [0, 0.1) is 0 Å². The average molecular weight is 401 g/mol. The van der Waals surface area contributed by atoms with E-state index in [0.29, 0.717) is 25.9 Å². The van der Waals surface area contributed by atoms with Crippen molar-refractivity contribution in [3.8, 4) is 0 Å². The minimum Gasteiger partial charge on any atom is -0.353 e. The molecule has 1 saturated heterocycles. The lowest BCUT2D eigenvalue weighted by atomic mass is 10.00. The van der Waals surface area contributed by atoms with Gasteiger partial charge in [0.15, 0.2) is 0 Å². The largest absolute Gasteiger partial charge is 0.353 e. The summed E-state index contributed by atoms with van der Waals surface area (Å²) in [5.41, 5.74) is 2.26. The van der Waals surface area contributed by atoms with E-state index in [0.717, 1.165) is 30.2 Å². The number of likely N-dealkylation sites (tertiary alicyclic amines) is 1. The smallest absolute Gasteiger partial charge is 0.227 e. The number of aryl methyl sites for hydroxylation is 1. The van der Waals surface area contributed by atoms with Gasteiger partial charge in [-0.15, -0.1) is 0 Å². The Hall–Kier alpha value is -3.14. The molecule has 0 saturated carbocycles. The van der Waals surface area contributed by atoms with E-state index in [1.165, 1.54) is 10.9 Å². The van der Waals surface area contributed by atoms with E-state index in [9.17, 15) is 9.59 Å². The van der Waals surface area contributed by atoms with Crippen molar-refractivity contribution in [1.29, 1.82) is 0 Å². The van der Waals surface area contributed by atoms with Gasteiger partial charge in [-0.05, 0) is 41.2 Å². The number of benzene rings is 3. The number of nitrogens with zero attached hydrogens (tertiary/aromatic N) is 1. The second-order valence-corrected chi connectivity index (χ2v) is 8.02. The summed E-state index contributed by atoms with van der Waals surface area (Å²) in [6.45, 7) is 1.40. The fraction of sp³-hybridized carbons (Fsp3) is 0.308. The van der Waals surface area contributed by atoms with Crippen molar-refractivity contribution in [2.75, 3.05) is 13.1 Å². The highest BCUT2D eigenvalue weighted by Gasteiger charge is 2.24. The Bertz CT molecular complexity index is 1000. The van der Waals surface area contributed by atoms with E-state index < -0.39 is 0 Å². The van der Waals surface area contributed by atoms with Gasteiger partial charge in [-0.3, -0.25) is 9.59 Å². The predicted molar refractivity (Wildman–Crippen MR) is 120 cm³/mol. The molecule has 4 rings (SSSR count). The molecule has 2 amide bonds. The SMILES string of the molecule is O=C(CCc1ccccc1)NC1CCN(C(=O)Cc2cccc3ccccc23)CC1. The lowest BCUT2D eigenvalue weighted by Crippen LogP contribution is -2.47. The standard InChI is InChI=1S/C26H28N2O2/c29-25(14-13-20-7-2-1-3-8-20)27-23-15-17-28(18-16-23)26(30)19-22-11-6-10-21-9-4-5-12-24(21)22/h1-12,23H,13-19H2,(H,27,29). The molecule has 1 N–H and O–H groups in total. The first kappa shape index (κ1) is 20.1. The molecule has 30 heavy (non-hydrogen) atoms. The zero-order valence-electron chi connectivity index (χ0n) is 17.2. The van der Waals surface area contributed by atoms with E-state index in [-0.39, 0.29) is 17.9 Å². The van der Waals surface area contributed by atoms with Crippen molar-refractivity contribution >= 4 is 22.6 Å². The maximum absolute atomic E-state index is 12.8. The molecule has 0 atom stereocenters. The lowest BCUT2D eigenvalue weighted by Gasteiger charge is -2.32. The zero-order valence-corrected chi connectivity index (χ0v) is 17.2. The molecule has 1 aliphatic rings. The summed E-state index contributed by atoms with van der Waals surface area (Å²) in [5.74, 6) is 0.264. The molecule has 3 aromatic rings. The Labute approximate surface area is 177 Å². The van der Waals surface area contributed by atoms with E-state index in [2.05, 4.69) is 23.5 Å². The van der Waals surface area contributed by atoms with Gasteiger partial charge in [-0.1, -0.05) is 72.8 Å². The number of nitrogens with one attached hydrogen (secondary N) is 1. The van der Waals surface area contributed by atoms with Gasteiger partial charge in [0.25, 0.3) is 0 Å². The van der Waals surface area contributed by atoms with Crippen LogP contribution in [0.4, 0.5) is 0 Å². The molecule has 0 aromatic heterocycles. The molecule has 1 aliphatic heterocycles. The second kappa shape index (κ2) is 9.57. The highest BCUT2D eigenvalue weighted by molar-refractivity contribution is 5.90. The molecule has 3 aromatic carbocycles. The molecule has 0 radical (unpaired) electrons. The first-order valence-electron chi connectivity index (χ1n) is 10.8. The Balaban J connectivity index is 1.25. The topological polar surface area (TPSA) is 49.4 Å². The average Bonchev–Trinajstić information content (AvgIpc) is 2.79. The molecular formula is C26H28N2O2. The molecule has 1 heterocycles. The number of amides is 2. The molecule has 0 spiro atoms. The first-order valence-corrected chi connectivity index (χ1v) is 10.8. The summed E-state index contributed by atoms with van der Waals surface area (Å²) in [4.78, 5) is 27.1. The van der Waals surface area contributed by atoms with Gasteiger partial charge in [-0.25, -0.2) is 0 Å². The summed E-state index contributed by atoms with van der Waals surface area (Å²) >= 11 is 0. The quantitative estimate of drug-likeness (QED) is 0.677. The second-order valence-electron chi connectivity index (χ2n) is 8.02. The molecule has 1 fully saturated rings. The highest BCUT2D eigenvalue weighted by atomic mass is 16.2. The number of carbonyl (C=O) groups excluding carboxylic acids is 2. The van der Waals surface area contributed by atoms with Crippen LogP contribution in [-0.2, 0) is 22.4 Å². The van der Waals surface area contributed by atoms with E-state index in [1.54, 1.807) is 0 Å². The summed E-state index contributed by atoms with van der Waals surface area (Å²) in [6.07, 6.45) is 3.32. The van der Waals surface area contributed by atoms with Crippen LogP contribution < -0.4 is 5.32 Å². The van der Waals surface area contributed by atoms with Crippen LogP contribution in [0.15, 0.2) is 72.8 Å². The first-order chi connectivity index (χ1) is 14.7. The van der Waals surface area contributed by atoms with Crippen molar-refractivity contribution in [2.45, 2.75) is 38.1 Å². The number of hydrogen-bond acceptors (Lipinski definition) is 2. The minimum atomic E-state index is 0.0967. The zero-order chi connectivity index (χ0) is 20.8.